The number of hydrogen-bond acceptors (Lipinski definition) is 4. The number of esters is 1. The fourth-order valence-corrected chi connectivity index (χ4v) is 2.54. The van der Waals surface area contributed by atoms with Crippen molar-refractivity contribution in [3.05, 3.63) is 18.0 Å². The van der Waals surface area contributed by atoms with Crippen molar-refractivity contribution >= 4 is 11.9 Å². The minimum atomic E-state index is -0.251. The highest BCUT2D eigenvalue weighted by atomic mass is 16.5. The maximum atomic E-state index is 12.0. The summed E-state index contributed by atoms with van der Waals surface area (Å²) in [5.41, 5.74) is 0.410. The highest BCUT2D eigenvalue weighted by Gasteiger charge is 2.31. The van der Waals surface area contributed by atoms with Crippen molar-refractivity contribution in [3.63, 3.8) is 0 Å². The van der Waals surface area contributed by atoms with Gasteiger partial charge in [-0.15, -0.1) is 0 Å². The molecule has 1 aromatic rings. The smallest absolute Gasteiger partial charge is 0.310 e. The summed E-state index contributed by atoms with van der Waals surface area (Å²) in [7, 11) is 1.39. The molecular weight excluding hydrogens is 246 g/mol. The van der Waals surface area contributed by atoms with Gasteiger partial charge >= 0.3 is 5.97 Å². The van der Waals surface area contributed by atoms with Crippen LogP contribution >= 0.6 is 0 Å². The molecule has 2 rings (SSSR count). The molecular formula is C13H19N3O3. The first kappa shape index (κ1) is 13.6. The van der Waals surface area contributed by atoms with Crippen LogP contribution in [0.4, 0.5) is 0 Å². The topological polar surface area (TPSA) is 84.1 Å². The summed E-state index contributed by atoms with van der Waals surface area (Å²) < 4.78 is 4.84. The molecule has 0 saturated heterocycles. The number of nitrogens with one attached hydrogen (secondary N) is 2. The predicted molar refractivity (Wildman–Crippen MR) is 68.4 cm³/mol. The van der Waals surface area contributed by atoms with Gasteiger partial charge in [0.05, 0.1) is 13.0 Å². The normalized spacial score (nSPS) is 23.4. The number of carbonyl (C=O) groups excluding carboxylic acids is 2. The Morgan fingerprint density at radius 1 is 1.37 bits per heavy atom. The third-order valence-electron chi connectivity index (χ3n) is 3.58. The average Bonchev–Trinajstić information content (AvgIpc) is 2.86. The molecule has 1 aliphatic rings. The van der Waals surface area contributed by atoms with Gasteiger partial charge in [-0.05, 0) is 18.9 Å². The van der Waals surface area contributed by atoms with Crippen LogP contribution in [0.1, 0.15) is 42.6 Å². The molecule has 0 spiro atoms. The standard InChI is InChI=1S/C13H19N3O3/c1-19-13(18)9-5-3-2-4-6-10(9)15-12(17)11-7-8-14-16-11/h7-10H,2-6H2,1H3,(H,14,16)(H,15,17). The van der Waals surface area contributed by atoms with E-state index in [0.717, 1.165) is 32.1 Å². The van der Waals surface area contributed by atoms with E-state index in [0.29, 0.717) is 5.69 Å². The summed E-state index contributed by atoms with van der Waals surface area (Å²) in [6.07, 6.45) is 6.20. The number of carbonyl (C=O) groups is 2. The van der Waals surface area contributed by atoms with Crippen LogP contribution in [-0.2, 0) is 9.53 Å². The zero-order valence-corrected chi connectivity index (χ0v) is 11.0. The molecule has 6 heteroatoms. The molecule has 19 heavy (non-hydrogen) atoms. The highest BCUT2D eigenvalue weighted by molar-refractivity contribution is 5.92. The first-order valence-corrected chi connectivity index (χ1v) is 6.60. The molecule has 1 aliphatic carbocycles. The van der Waals surface area contributed by atoms with Crippen molar-refractivity contribution in [1.82, 2.24) is 15.5 Å². The SMILES string of the molecule is COC(=O)C1CCCCCC1NC(=O)c1ccn[nH]1. The van der Waals surface area contributed by atoms with Crippen LogP contribution in [0, 0.1) is 5.92 Å². The summed E-state index contributed by atoms with van der Waals surface area (Å²) in [6, 6.07) is 1.45. The van der Waals surface area contributed by atoms with Crippen LogP contribution in [0.5, 0.6) is 0 Å². The molecule has 0 bridgehead atoms. The second-order valence-corrected chi connectivity index (χ2v) is 4.82. The molecule has 1 saturated carbocycles. The Labute approximate surface area is 111 Å². The van der Waals surface area contributed by atoms with Gasteiger partial charge in [0.15, 0.2) is 0 Å². The largest absolute Gasteiger partial charge is 0.469 e. The Balaban J connectivity index is 2.05. The van der Waals surface area contributed by atoms with E-state index in [1.165, 1.54) is 13.3 Å². The van der Waals surface area contributed by atoms with E-state index < -0.39 is 0 Å². The number of aromatic nitrogens is 2. The van der Waals surface area contributed by atoms with Gasteiger partial charge in [0.1, 0.15) is 5.69 Å². The second kappa shape index (κ2) is 6.36. The summed E-state index contributed by atoms with van der Waals surface area (Å²) in [5.74, 6) is -0.713. The molecule has 0 aliphatic heterocycles. The van der Waals surface area contributed by atoms with Gasteiger partial charge in [-0.1, -0.05) is 19.3 Å². The fraction of sp³-hybridized carbons (Fsp3) is 0.615. The zero-order chi connectivity index (χ0) is 13.7. The Morgan fingerprint density at radius 2 is 2.16 bits per heavy atom. The van der Waals surface area contributed by atoms with Crippen molar-refractivity contribution in [3.8, 4) is 0 Å². The Kier molecular flexibility index (Phi) is 4.54. The zero-order valence-electron chi connectivity index (χ0n) is 11.0. The molecule has 2 N–H and O–H groups in total. The number of amides is 1. The van der Waals surface area contributed by atoms with E-state index in [1.54, 1.807) is 6.07 Å². The molecule has 2 atom stereocenters. The molecule has 1 fully saturated rings. The molecule has 104 valence electrons. The van der Waals surface area contributed by atoms with Gasteiger partial charge in [-0.3, -0.25) is 14.7 Å². The van der Waals surface area contributed by atoms with Crippen LogP contribution in [-0.4, -0.2) is 35.2 Å². The molecule has 0 radical (unpaired) electrons. The first-order chi connectivity index (χ1) is 9.22. The maximum absolute atomic E-state index is 12.0. The van der Waals surface area contributed by atoms with Crippen molar-refractivity contribution in [2.45, 2.75) is 38.1 Å². The fourth-order valence-electron chi connectivity index (χ4n) is 2.54. The molecule has 2 unspecified atom stereocenters. The molecule has 1 amide bonds. The lowest BCUT2D eigenvalue weighted by Gasteiger charge is -2.23. The lowest BCUT2D eigenvalue weighted by atomic mass is 9.94. The van der Waals surface area contributed by atoms with E-state index in [4.69, 9.17) is 4.74 Å². The van der Waals surface area contributed by atoms with E-state index >= 15 is 0 Å². The minimum absolute atomic E-state index is 0.161. The van der Waals surface area contributed by atoms with E-state index in [2.05, 4.69) is 15.5 Å². The predicted octanol–water partition coefficient (Wildman–Crippen LogP) is 1.26. The third-order valence-corrected chi connectivity index (χ3v) is 3.58. The van der Waals surface area contributed by atoms with Crippen LogP contribution in [0.3, 0.4) is 0 Å². The quantitative estimate of drug-likeness (QED) is 0.636. The van der Waals surface area contributed by atoms with Crippen LogP contribution < -0.4 is 5.32 Å². The van der Waals surface area contributed by atoms with Crippen molar-refractivity contribution in [2.24, 2.45) is 5.92 Å². The number of H-pyrrole nitrogens is 1. The Bertz CT molecular complexity index is 430. The summed E-state index contributed by atoms with van der Waals surface area (Å²) >= 11 is 0. The van der Waals surface area contributed by atoms with E-state index in [1.807, 2.05) is 0 Å². The van der Waals surface area contributed by atoms with Gasteiger partial charge in [0, 0.05) is 12.2 Å². The monoisotopic (exact) mass is 265 g/mol. The lowest BCUT2D eigenvalue weighted by Crippen LogP contribution is -2.43. The van der Waals surface area contributed by atoms with Crippen molar-refractivity contribution in [2.75, 3.05) is 7.11 Å². The number of hydrogen-bond donors (Lipinski definition) is 2. The number of nitrogens with zero attached hydrogens (tertiary/aromatic N) is 1. The van der Waals surface area contributed by atoms with E-state index in [9.17, 15) is 9.59 Å². The van der Waals surface area contributed by atoms with Gasteiger partial charge in [0.25, 0.3) is 5.91 Å². The molecule has 1 aromatic heterocycles. The number of rotatable bonds is 3. The maximum Gasteiger partial charge on any atom is 0.310 e. The van der Waals surface area contributed by atoms with Gasteiger partial charge in [0.2, 0.25) is 0 Å². The lowest BCUT2D eigenvalue weighted by molar-refractivity contribution is -0.146. The van der Waals surface area contributed by atoms with Gasteiger partial charge in [-0.25, -0.2) is 0 Å². The molecule has 6 nitrogen and oxygen atoms in total. The van der Waals surface area contributed by atoms with E-state index in [-0.39, 0.29) is 23.8 Å². The second-order valence-electron chi connectivity index (χ2n) is 4.82. The summed E-state index contributed by atoms with van der Waals surface area (Å²) in [5, 5.41) is 9.29. The molecule has 1 heterocycles. The highest BCUT2D eigenvalue weighted by Crippen LogP contribution is 2.24. The summed E-state index contributed by atoms with van der Waals surface area (Å²) in [4.78, 5) is 23.8. The third kappa shape index (κ3) is 3.33. The first-order valence-electron chi connectivity index (χ1n) is 6.60. The number of ether oxygens (including phenoxy) is 1. The van der Waals surface area contributed by atoms with Crippen molar-refractivity contribution in [1.29, 1.82) is 0 Å². The summed E-state index contributed by atoms with van der Waals surface area (Å²) in [6.45, 7) is 0. The molecule has 0 aromatic carbocycles. The van der Waals surface area contributed by atoms with Crippen LogP contribution in [0.2, 0.25) is 0 Å². The van der Waals surface area contributed by atoms with Gasteiger partial charge in [-0.2, -0.15) is 5.10 Å². The number of methoxy groups -OCH3 is 1. The van der Waals surface area contributed by atoms with Gasteiger partial charge < -0.3 is 10.1 Å². The van der Waals surface area contributed by atoms with Crippen molar-refractivity contribution < 1.29 is 14.3 Å². The minimum Gasteiger partial charge on any atom is -0.469 e. The Hall–Kier alpha value is -1.85. The Morgan fingerprint density at radius 3 is 2.84 bits per heavy atom. The number of aromatic amines is 1. The average molecular weight is 265 g/mol. The van der Waals surface area contributed by atoms with Crippen LogP contribution in [0.25, 0.3) is 0 Å². The van der Waals surface area contributed by atoms with Crippen LogP contribution in [0.15, 0.2) is 12.3 Å².